The summed E-state index contributed by atoms with van der Waals surface area (Å²) in [5, 5.41) is 0. The number of hydrogen-bond donors (Lipinski definition) is 1. The number of methoxy groups -OCH3 is 1. The maximum Gasteiger partial charge on any atom is 0.527 e. The van der Waals surface area contributed by atoms with E-state index in [1.807, 2.05) is 23.7 Å². The molecular formula is C35H53NO6PS+. The summed E-state index contributed by atoms with van der Waals surface area (Å²) < 4.78 is 36.5. The first-order valence-electron chi connectivity index (χ1n) is 16.3. The average molecular weight is 647 g/mol. The molecule has 3 aromatic rings. The van der Waals surface area contributed by atoms with Gasteiger partial charge in [-0.15, -0.1) is 0 Å². The Morgan fingerprint density at radius 1 is 0.841 bits per heavy atom. The Hall–Kier alpha value is -2.22. The highest BCUT2D eigenvalue weighted by Crippen LogP contribution is 2.44. The molecule has 2 atom stereocenters. The predicted octanol–water partition coefficient (Wildman–Crippen LogP) is 9.23. The molecule has 0 saturated heterocycles. The van der Waals surface area contributed by atoms with Crippen molar-refractivity contribution in [3.8, 4) is 11.5 Å². The van der Waals surface area contributed by atoms with Gasteiger partial charge in [-0.3, -0.25) is 9.42 Å². The number of rotatable bonds is 24. The SMILES string of the molecule is CCCCCCCCCCCCCCc1ccc(OCC(COP(=O)(O)Oc2cccc(C[n+]3csc(C)c3)c2)OC)cc1. The number of aryl methyl sites for hydroxylation is 2. The van der Waals surface area contributed by atoms with Crippen LogP contribution in [0.2, 0.25) is 0 Å². The summed E-state index contributed by atoms with van der Waals surface area (Å²) in [6, 6.07) is 15.3. The molecule has 0 aliphatic rings. The van der Waals surface area contributed by atoms with E-state index in [1.165, 1.54) is 94.6 Å². The highest BCUT2D eigenvalue weighted by Gasteiger charge is 2.26. The maximum absolute atomic E-state index is 12.6. The summed E-state index contributed by atoms with van der Waals surface area (Å²) in [4.78, 5) is 11.5. The lowest BCUT2D eigenvalue weighted by Crippen LogP contribution is -2.30. The van der Waals surface area contributed by atoms with Crippen molar-refractivity contribution in [2.45, 2.75) is 110 Å². The third-order valence-corrected chi connectivity index (χ3v) is 9.41. The predicted molar refractivity (Wildman–Crippen MR) is 179 cm³/mol. The summed E-state index contributed by atoms with van der Waals surface area (Å²) in [5.41, 5.74) is 4.29. The van der Waals surface area contributed by atoms with Crippen molar-refractivity contribution in [1.82, 2.24) is 0 Å². The summed E-state index contributed by atoms with van der Waals surface area (Å²) >= 11 is 1.67. The van der Waals surface area contributed by atoms with E-state index < -0.39 is 13.9 Å². The molecule has 1 N–H and O–H groups in total. The lowest BCUT2D eigenvalue weighted by atomic mass is 10.0. The molecular weight excluding hydrogens is 593 g/mol. The Morgan fingerprint density at radius 3 is 2.11 bits per heavy atom. The van der Waals surface area contributed by atoms with Crippen LogP contribution in [-0.4, -0.2) is 31.3 Å². The zero-order valence-corrected chi connectivity index (χ0v) is 28.7. The van der Waals surface area contributed by atoms with Crippen molar-refractivity contribution >= 4 is 19.2 Å². The molecule has 1 heterocycles. The fourth-order valence-corrected chi connectivity index (χ4v) is 6.49. The van der Waals surface area contributed by atoms with E-state index in [-0.39, 0.29) is 19.0 Å². The van der Waals surface area contributed by atoms with Crippen LogP contribution in [0, 0.1) is 6.92 Å². The second-order valence-corrected chi connectivity index (χ2v) is 14.1. The number of thiazole rings is 1. The minimum absolute atomic E-state index is 0.148. The standard InChI is InChI=1S/C35H52NO6PS/c1-4-5-6-7-8-9-10-11-12-13-14-15-17-31-20-22-33(23-21-31)40-27-35(39-3)28-41-43(37,38)42-34-19-16-18-32(24-34)26-36-25-30(2)44-29-36/h16,18-25,29,35H,4-15,17,26-28H2,1-3H3/p+1. The van der Waals surface area contributed by atoms with Gasteiger partial charge in [-0.2, -0.15) is 4.57 Å². The Balaban J connectivity index is 1.29. The average Bonchev–Trinajstić information content (AvgIpc) is 3.42. The van der Waals surface area contributed by atoms with Crippen LogP contribution in [-0.2, 0) is 26.8 Å². The second kappa shape index (κ2) is 20.7. The maximum atomic E-state index is 12.6. The Kier molecular flexibility index (Phi) is 17.1. The first-order valence-corrected chi connectivity index (χ1v) is 18.7. The molecule has 7 nitrogen and oxygen atoms in total. The van der Waals surface area contributed by atoms with Crippen LogP contribution >= 0.6 is 19.2 Å². The van der Waals surface area contributed by atoms with Gasteiger partial charge < -0.3 is 14.0 Å². The van der Waals surface area contributed by atoms with Gasteiger partial charge >= 0.3 is 7.82 Å². The highest BCUT2D eigenvalue weighted by atomic mass is 32.1. The first-order chi connectivity index (χ1) is 21.4. The molecule has 9 heteroatoms. The van der Waals surface area contributed by atoms with Crippen LogP contribution in [0.4, 0.5) is 0 Å². The van der Waals surface area contributed by atoms with Gasteiger partial charge in [0, 0.05) is 12.7 Å². The summed E-state index contributed by atoms with van der Waals surface area (Å²) in [6.45, 7) is 5.00. The first kappa shape index (κ1) is 36.3. The molecule has 1 aromatic heterocycles. The smallest absolute Gasteiger partial charge is 0.491 e. The van der Waals surface area contributed by atoms with Gasteiger partial charge in [0.25, 0.3) is 0 Å². The van der Waals surface area contributed by atoms with Crippen molar-refractivity contribution in [1.29, 1.82) is 0 Å². The summed E-state index contributed by atoms with van der Waals surface area (Å²) in [5.74, 6) is 0.999. The van der Waals surface area contributed by atoms with E-state index in [9.17, 15) is 9.46 Å². The molecule has 0 fully saturated rings. The molecule has 0 spiro atoms. The number of aromatic nitrogens is 1. The van der Waals surface area contributed by atoms with Crippen LogP contribution in [0.5, 0.6) is 11.5 Å². The van der Waals surface area contributed by atoms with Crippen molar-refractivity contribution < 1.29 is 32.5 Å². The number of ether oxygens (including phenoxy) is 2. The minimum atomic E-state index is -4.35. The number of unbranched alkanes of at least 4 members (excludes halogenated alkanes) is 11. The van der Waals surface area contributed by atoms with E-state index in [2.05, 4.69) is 36.7 Å². The van der Waals surface area contributed by atoms with Gasteiger partial charge in [-0.1, -0.05) is 113 Å². The molecule has 0 aliphatic heterocycles. The van der Waals surface area contributed by atoms with Crippen molar-refractivity contribution in [2.24, 2.45) is 0 Å². The van der Waals surface area contributed by atoms with Crippen molar-refractivity contribution in [3.05, 3.63) is 76.2 Å². The third kappa shape index (κ3) is 15.2. The summed E-state index contributed by atoms with van der Waals surface area (Å²) in [6.07, 6.45) is 18.9. The van der Waals surface area contributed by atoms with Crippen LogP contribution in [0.15, 0.2) is 60.2 Å². The molecule has 2 unspecified atom stereocenters. The number of benzene rings is 2. The molecule has 0 saturated carbocycles. The fourth-order valence-electron chi connectivity index (χ4n) is 5.07. The van der Waals surface area contributed by atoms with Crippen molar-refractivity contribution in [2.75, 3.05) is 20.3 Å². The molecule has 0 radical (unpaired) electrons. The quantitative estimate of drug-likeness (QED) is 0.0594. The topological polar surface area (TPSA) is 78.1 Å². The van der Waals surface area contributed by atoms with Crippen molar-refractivity contribution in [3.63, 3.8) is 0 Å². The Bertz CT molecular complexity index is 1230. The van der Waals surface area contributed by atoms with Crippen LogP contribution < -0.4 is 13.8 Å². The molecule has 2 aromatic carbocycles. The number of hydrogen-bond acceptors (Lipinski definition) is 6. The monoisotopic (exact) mass is 646 g/mol. The van der Waals surface area contributed by atoms with Gasteiger partial charge in [0.2, 0.25) is 5.51 Å². The largest absolute Gasteiger partial charge is 0.527 e. The minimum Gasteiger partial charge on any atom is -0.491 e. The zero-order valence-electron chi connectivity index (χ0n) is 27.0. The highest BCUT2D eigenvalue weighted by molar-refractivity contribution is 7.47. The number of phosphoric acid groups is 1. The second-order valence-electron chi connectivity index (χ2n) is 11.6. The third-order valence-electron chi connectivity index (χ3n) is 7.64. The van der Waals surface area contributed by atoms with Gasteiger partial charge in [0.1, 0.15) is 24.2 Å². The Morgan fingerprint density at radius 2 is 1.50 bits per heavy atom. The fraction of sp³-hybridized carbons (Fsp3) is 0.571. The van der Waals surface area contributed by atoms with E-state index >= 15 is 0 Å². The summed E-state index contributed by atoms with van der Waals surface area (Å²) in [7, 11) is -2.83. The molecule has 0 amide bonds. The number of nitrogens with zero attached hydrogens (tertiary/aromatic N) is 1. The van der Waals surface area contributed by atoms with Crippen LogP contribution in [0.1, 0.15) is 100.0 Å². The van der Waals surface area contributed by atoms with Crippen LogP contribution in [0.25, 0.3) is 0 Å². The molecule has 0 aliphatic carbocycles. The molecule has 0 bridgehead atoms. The van der Waals surface area contributed by atoms with Crippen LogP contribution in [0.3, 0.4) is 0 Å². The molecule has 44 heavy (non-hydrogen) atoms. The number of phosphoric ester groups is 1. The van der Waals surface area contributed by atoms with E-state index in [0.717, 1.165) is 17.7 Å². The van der Waals surface area contributed by atoms with E-state index in [0.29, 0.717) is 6.54 Å². The van der Waals surface area contributed by atoms with E-state index in [4.69, 9.17) is 18.5 Å². The van der Waals surface area contributed by atoms with Gasteiger partial charge in [0.05, 0.1) is 11.5 Å². The zero-order chi connectivity index (χ0) is 31.5. The normalized spacial score (nSPS) is 13.5. The van der Waals surface area contributed by atoms with E-state index in [1.54, 1.807) is 29.5 Å². The lowest BCUT2D eigenvalue weighted by molar-refractivity contribution is -0.683. The Labute approximate surface area is 269 Å². The molecule has 3 rings (SSSR count). The van der Waals surface area contributed by atoms with Gasteiger partial charge in [0.15, 0.2) is 12.7 Å². The van der Waals surface area contributed by atoms with Gasteiger partial charge in [-0.25, -0.2) is 4.57 Å². The molecule has 244 valence electrons. The van der Waals surface area contributed by atoms with Gasteiger partial charge in [-0.05, 0) is 49.6 Å². The lowest BCUT2D eigenvalue weighted by Gasteiger charge is -2.19.